The van der Waals surface area contributed by atoms with Crippen molar-refractivity contribution in [1.29, 1.82) is 5.26 Å². The van der Waals surface area contributed by atoms with E-state index in [-0.39, 0.29) is 6.04 Å². The number of nitrogens with zero attached hydrogens (tertiary/aromatic N) is 1. The maximum absolute atomic E-state index is 9.15. The molecule has 0 radical (unpaired) electrons. The van der Waals surface area contributed by atoms with Gasteiger partial charge in [0.05, 0.1) is 11.3 Å². The fourth-order valence-corrected chi connectivity index (χ4v) is 2.27. The largest absolute Gasteiger partial charge is 0.377 e. The molecule has 0 aliphatic heterocycles. The Bertz CT molecular complexity index is 612. The van der Waals surface area contributed by atoms with Gasteiger partial charge in [-0.2, -0.15) is 5.26 Å². The van der Waals surface area contributed by atoms with Gasteiger partial charge in [0.25, 0.3) is 0 Å². The van der Waals surface area contributed by atoms with Crippen LogP contribution in [-0.4, -0.2) is 0 Å². The summed E-state index contributed by atoms with van der Waals surface area (Å²) in [7, 11) is 0. The Morgan fingerprint density at radius 1 is 1.16 bits per heavy atom. The highest BCUT2D eigenvalue weighted by molar-refractivity contribution is 9.10. The quantitative estimate of drug-likeness (QED) is 0.883. The standard InChI is InChI=1S/C16H15BrN2/c1-11-3-5-13(6-4-11)12(2)19-16-8-7-15(17)9-14(16)10-18/h3-9,12,19H,1-2H3. The maximum atomic E-state index is 9.15. The maximum Gasteiger partial charge on any atom is 0.101 e. The second-order valence-corrected chi connectivity index (χ2v) is 5.49. The van der Waals surface area contributed by atoms with E-state index in [2.05, 4.69) is 65.4 Å². The number of benzene rings is 2. The van der Waals surface area contributed by atoms with E-state index < -0.39 is 0 Å². The monoisotopic (exact) mass is 314 g/mol. The van der Waals surface area contributed by atoms with Crippen molar-refractivity contribution in [3.63, 3.8) is 0 Å². The summed E-state index contributed by atoms with van der Waals surface area (Å²) in [6, 6.07) is 16.5. The van der Waals surface area contributed by atoms with E-state index in [0.717, 1.165) is 10.2 Å². The molecule has 0 fully saturated rings. The van der Waals surface area contributed by atoms with Crippen LogP contribution in [0.5, 0.6) is 0 Å². The second-order valence-electron chi connectivity index (χ2n) is 4.58. The number of nitrogens with one attached hydrogen (secondary N) is 1. The van der Waals surface area contributed by atoms with E-state index in [1.165, 1.54) is 11.1 Å². The molecule has 2 nitrogen and oxygen atoms in total. The smallest absolute Gasteiger partial charge is 0.101 e. The zero-order valence-corrected chi connectivity index (χ0v) is 12.5. The lowest BCUT2D eigenvalue weighted by Gasteiger charge is -2.17. The van der Waals surface area contributed by atoms with Crippen molar-refractivity contribution < 1.29 is 0 Å². The average Bonchev–Trinajstić information content (AvgIpc) is 2.41. The minimum absolute atomic E-state index is 0.161. The van der Waals surface area contributed by atoms with Gasteiger partial charge < -0.3 is 5.32 Å². The molecule has 19 heavy (non-hydrogen) atoms. The molecule has 96 valence electrons. The highest BCUT2D eigenvalue weighted by atomic mass is 79.9. The second kappa shape index (κ2) is 5.90. The molecule has 0 aromatic heterocycles. The lowest BCUT2D eigenvalue weighted by Crippen LogP contribution is -2.07. The molecule has 0 saturated carbocycles. The lowest BCUT2D eigenvalue weighted by molar-refractivity contribution is 0.883. The highest BCUT2D eigenvalue weighted by Crippen LogP contribution is 2.25. The number of aryl methyl sites for hydroxylation is 1. The summed E-state index contributed by atoms with van der Waals surface area (Å²) in [6.07, 6.45) is 0. The third-order valence-corrected chi connectivity index (χ3v) is 3.54. The van der Waals surface area contributed by atoms with Gasteiger partial charge in [0.2, 0.25) is 0 Å². The Balaban J connectivity index is 2.21. The molecule has 0 saturated heterocycles. The first kappa shape index (κ1) is 13.6. The van der Waals surface area contributed by atoms with E-state index in [1.54, 1.807) is 0 Å². The number of nitriles is 1. The van der Waals surface area contributed by atoms with Crippen molar-refractivity contribution >= 4 is 21.6 Å². The predicted octanol–water partition coefficient (Wildman–Crippen LogP) is 4.80. The number of hydrogen-bond donors (Lipinski definition) is 1. The number of halogens is 1. The van der Waals surface area contributed by atoms with Crippen LogP contribution in [0, 0.1) is 18.3 Å². The van der Waals surface area contributed by atoms with Crippen LogP contribution in [0.15, 0.2) is 46.9 Å². The van der Waals surface area contributed by atoms with Crippen molar-refractivity contribution in [3.8, 4) is 6.07 Å². The summed E-state index contributed by atoms with van der Waals surface area (Å²) < 4.78 is 0.914. The molecule has 2 aromatic rings. The van der Waals surface area contributed by atoms with Crippen LogP contribution in [-0.2, 0) is 0 Å². The average molecular weight is 315 g/mol. The van der Waals surface area contributed by atoms with Crippen LogP contribution < -0.4 is 5.32 Å². The van der Waals surface area contributed by atoms with Crippen LogP contribution in [0.2, 0.25) is 0 Å². The van der Waals surface area contributed by atoms with Crippen molar-refractivity contribution in [3.05, 3.63) is 63.6 Å². The molecule has 1 unspecified atom stereocenters. The Labute approximate surface area is 122 Å². The molecule has 0 aliphatic carbocycles. The number of hydrogen-bond acceptors (Lipinski definition) is 2. The minimum atomic E-state index is 0.161. The van der Waals surface area contributed by atoms with Gasteiger partial charge in [0.1, 0.15) is 6.07 Å². The predicted molar refractivity (Wildman–Crippen MR) is 82.1 cm³/mol. The van der Waals surface area contributed by atoms with Crippen molar-refractivity contribution in [1.82, 2.24) is 0 Å². The molecule has 0 aliphatic rings. The van der Waals surface area contributed by atoms with Gasteiger partial charge in [-0.3, -0.25) is 0 Å². The van der Waals surface area contributed by atoms with Gasteiger partial charge >= 0.3 is 0 Å². The van der Waals surface area contributed by atoms with Gasteiger partial charge in [-0.15, -0.1) is 0 Å². The van der Waals surface area contributed by atoms with Crippen molar-refractivity contribution in [2.75, 3.05) is 5.32 Å². The first-order valence-electron chi connectivity index (χ1n) is 6.13. The molecule has 0 heterocycles. The van der Waals surface area contributed by atoms with Crippen LogP contribution in [0.3, 0.4) is 0 Å². The van der Waals surface area contributed by atoms with Crippen LogP contribution >= 0.6 is 15.9 Å². The highest BCUT2D eigenvalue weighted by Gasteiger charge is 2.08. The van der Waals surface area contributed by atoms with Gasteiger partial charge in [-0.1, -0.05) is 45.8 Å². The number of anilines is 1. The van der Waals surface area contributed by atoms with Gasteiger partial charge in [-0.25, -0.2) is 0 Å². The summed E-state index contributed by atoms with van der Waals surface area (Å²) in [5.41, 5.74) is 3.96. The summed E-state index contributed by atoms with van der Waals surface area (Å²) in [4.78, 5) is 0. The summed E-state index contributed by atoms with van der Waals surface area (Å²) in [5, 5.41) is 12.5. The van der Waals surface area contributed by atoms with Gasteiger partial charge in [0.15, 0.2) is 0 Å². The topological polar surface area (TPSA) is 35.8 Å². The van der Waals surface area contributed by atoms with Crippen molar-refractivity contribution in [2.24, 2.45) is 0 Å². The Morgan fingerprint density at radius 2 is 1.84 bits per heavy atom. The third kappa shape index (κ3) is 3.36. The van der Waals surface area contributed by atoms with Gasteiger partial charge in [0, 0.05) is 10.5 Å². The zero-order valence-electron chi connectivity index (χ0n) is 10.9. The first-order chi connectivity index (χ1) is 9.10. The van der Waals surface area contributed by atoms with E-state index in [9.17, 15) is 0 Å². The summed E-state index contributed by atoms with van der Waals surface area (Å²) >= 11 is 3.38. The number of rotatable bonds is 3. The van der Waals surface area contributed by atoms with E-state index in [4.69, 9.17) is 5.26 Å². The van der Waals surface area contributed by atoms with Crippen LogP contribution in [0.1, 0.15) is 29.7 Å². The molecular weight excluding hydrogens is 300 g/mol. The summed E-state index contributed by atoms with van der Waals surface area (Å²) in [5.74, 6) is 0. The molecule has 1 atom stereocenters. The zero-order chi connectivity index (χ0) is 13.8. The molecule has 3 heteroatoms. The fraction of sp³-hybridized carbons (Fsp3) is 0.188. The molecule has 1 N–H and O–H groups in total. The van der Waals surface area contributed by atoms with Gasteiger partial charge in [-0.05, 0) is 37.6 Å². The van der Waals surface area contributed by atoms with E-state index in [0.29, 0.717) is 5.56 Å². The molecule has 0 spiro atoms. The fourth-order valence-electron chi connectivity index (χ4n) is 1.91. The van der Waals surface area contributed by atoms with E-state index >= 15 is 0 Å². The van der Waals surface area contributed by atoms with Crippen LogP contribution in [0.4, 0.5) is 5.69 Å². The lowest BCUT2D eigenvalue weighted by atomic mass is 10.1. The Morgan fingerprint density at radius 3 is 2.47 bits per heavy atom. The Hall–Kier alpha value is -1.79. The summed E-state index contributed by atoms with van der Waals surface area (Å²) in [6.45, 7) is 4.16. The normalized spacial score (nSPS) is 11.7. The Kier molecular flexibility index (Phi) is 4.24. The molecule has 2 aromatic carbocycles. The SMILES string of the molecule is Cc1ccc(C(C)Nc2ccc(Br)cc2C#N)cc1. The third-order valence-electron chi connectivity index (χ3n) is 3.05. The van der Waals surface area contributed by atoms with Crippen LogP contribution in [0.25, 0.3) is 0 Å². The van der Waals surface area contributed by atoms with E-state index in [1.807, 2.05) is 18.2 Å². The molecule has 0 amide bonds. The first-order valence-corrected chi connectivity index (χ1v) is 6.92. The molecule has 2 rings (SSSR count). The minimum Gasteiger partial charge on any atom is -0.377 e. The van der Waals surface area contributed by atoms with Crippen molar-refractivity contribution in [2.45, 2.75) is 19.9 Å². The molecular formula is C16H15BrN2. The molecule has 0 bridgehead atoms.